The smallest absolute Gasteiger partial charge is 0.406 e. The molecule has 0 aliphatic rings. The molecule has 0 heterocycles. The minimum absolute atomic E-state index is 0. The van der Waals surface area contributed by atoms with Crippen LogP contribution in [0, 0.1) is 0 Å². The molecule has 1 aromatic carbocycles. The molecule has 0 saturated carbocycles. The third-order valence-electron chi connectivity index (χ3n) is 1.21. The van der Waals surface area contributed by atoms with Crippen molar-refractivity contribution in [2.75, 3.05) is 5.73 Å². The number of halogens is 5. The molecule has 0 spiro atoms. The predicted molar refractivity (Wildman–Crippen MR) is 52.5 cm³/mol. The van der Waals surface area contributed by atoms with Crippen molar-refractivity contribution >= 4 is 34.0 Å². The minimum atomic E-state index is -4.67. The monoisotopic (exact) mass is 291 g/mol. The van der Waals surface area contributed by atoms with E-state index in [-0.39, 0.29) is 18.2 Å². The highest BCUT2D eigenvalue weighted by Crippen LogP contribution is 2.28. The fraction of sp³-hybridized carbons (Fsp3) is 0.143. The predicted octanol–water partition coefficient (Wildman–Crippen LogP) is 3.35. The summed E-state index contributed by atoms with van der Waals surface area (Å²) in [7, 11) is 0. The Balaban J connectivity index is 0.00000169. The molecule has 2 nitrogen and oxygen atoms in total. The third-order valence-corrected chi connectivity index (χ3v) is 1.89. The lowest BCUT2D eigenvalue weighted by molar-refractivity contribution is -0.274. The van der Waals surface area contributed by atoms with E-state index in [0.29, 0.717) is 10.2 Å². The summed E-state index contributed by atoms with van der Waals surface area (Å²) in [5.74, 6) is -0.298. The van der Waals surface area contributed by atoms with Gasteiger partial charge < -0.3 is 10.5 Å². The lowest BCUT2D eigenvalue weighted by Gasteiger charge is -2.09. The van der Waals surface area contributed by atoms with Crippen LogP contribution in [0.4, 0.5) is 18.9 Å². The lowest BCUT2D eigenvalue weighted by Crippen LogP contribution is -2.17. The molecule has 0 saturated heterocycles. The quantitative estimate of drug-likeness (QED) is 0.806. The summed E-state index contributed by atoms with van der Waals surface area (Å²) in [6.45, 7) is 0. The van der Waals surface area contributed by atoms with Gasteiger partial charge in [0.25, 0.3) is 0 Å². The molecule has 7 heteroatoms. The molecule has 80 valence electrons. The van der Waals surface area contributed by atoms with Gasteiger partial charge in [-0.2, -0.15) is 0 Å². The van der Waals surface area contributed by atoms with Gasteiger partial charge >= 0.3 is 6.36 Å². The second-order valence-electron chi connectivity index (χ2n) is 2.23. The molecule has 1 rings (SSSR count). The van der Waals surface area contributed by atoms with Gasteiger partial charge in [-0.25, -0.2) is 0 Å². The first-order valence-corrected chi connectivity index (χ1v) is 3.98. The van der Waals surface area contributed by atoms with E-state index in [1.807, 2.05) is 0 Å². The Bertz CT molecular complexity index is 318. The van der Waals surface area contributed by atoms with E-state index in [0.717, 1.165) is 12.1 Å². The van der Waals surface area contributed by atoms with Crippen LogP contribution in [-0.2, 0) is 0 Å². The molecule has 0 amide bonds. The van der Waals surface area contributed by atoms with Crippen LogP contribution in [0.5, 0.6) is 5.75 Å². The Morgan fingerprint density at radius 2 is 1.86 bits per heavy atom. The third kappa shape index (κ3) is 4.06. The molecular weight excluding hydrogens is 286 g/mol. The van der Waals surface area contributed by atoms with Gasteiger partial charge in [0.15, 0.2) is 0 Å². The largest absolute Gasteiger partial charge is 0.573 e. The fourth-order valence-corrected chi connectivity index (χ4v) is 1.06. The first-order chi connectivity index (χ1) is 5.88. The van der Waals surface area contributed by atoms with Crippen LogP contribution < -0.4 is 10.5 Å². The highest BCUT2D eigenvalue weighted by atomic mass is 79.9. The van der Waals surface area contributed by atoms with Crippen molar-refractivity contribution in [1.29, 1.82) is 0 Å². The number of hydrogen-bond donors (Lipinski definition) is 1. The summed E-state index contributed by atoms with van der Waals surface area (Å²) in [6, 6.07) is 3.63. The summed E-state index contributed by atoms with van der Waals surface area (Å²) in [5.41, 5.74) is 5.72. The average Bonchev–Trinajstić information content (AvgIpc) is 1.94. The summed E-state index contributed by atoms with van der Waals surface area (Å²) < 4.78 is 39.1. The minimum Gasteiger partial charge on any atom is -0.406 e. The zero-order valence-corrected chi connectivity index (χ0v) is 9.04. The van der Waals surface area contributed by atoms with Crippen LogP contribution in [0.15, 0.2) is 22.7 Å². The fourth-order valence-electron chi connectivity index (χ4n) is 0.705. The molecule has 14 heavy (non-hydrogen) atoms. The second kappa shape index (κ2) is 4.75. The van der Waals surface area contributed by atoms with Crippen molar-refractivity contribution in [3.05, 3.63) is 22.7 Å². The van der Waals surface area contributed by atoms with Crippen molar-refractivity contribution in [2.45, 2.75) is 6.36 Å². The Morgan fingerprint density at radius 3 is 2.29 bits per heavy atom. The molecule has 0 atom stereocenters. The zero-order chi connectivity index (χ0) is 10.1. The van der Waals surface area contributed by atoms with Gasteiger partial charge in [-0.15, -0.1) is 25.6 Å². The molecule has 0 radical (unpaired) electrons. The van der Waals surface area contributed by atoms with E-state index in [1.165, 1.54) is 6.07 Å². The van der Waals surface area contributed by atoms with E-state index in [4.69, 9.17) is 5.73 Å². The molecule has 2 N–H and O–H groups in total. The Labute approximate surface area is 92.8 Å². The molecule has 0 bridgehead atoms. The molecular formula is C7H6BrClF3NO. The number of benzene rings is 1. The number of anilines is 1. The van der Waals surface area contributed by atoms with E-state index < -0.39 is 6.36 Å². The van der Waals surface area contributed by atoms with Crippen LogP contribution in [-0.4, -0.2) is 6.36 Å². The summed E-state index contributed by atoms with van der Waals surface area (Å²) in [4.78, 5) is 0. The zero-order valence-electron chi connectivity index (χ0n) is 6.64. The molecule has 1 aromatic rings. The summed E-state index contributed by atoms with van der Waals surface area (Å²) in [5, 5.41) is 0. The van der Waals surface area contributed by atoms with Crippen LogP contribution in [0.1, 0.15) is 0 Å². The van der Waals surface area contributed by atoms with Gasteiger partial charge in [-0.3, -0.25) is 0 Å². The van der Waals surface area contributed by atoms with Gasteiger partial charge in [0.2, 0.25) is 0 Å². The van der Waals surface area contributed by atoms with Crippen LogP contribution in [0.3, 0.4) is 0 Å². The van der Waals surface area contributed by atoms with Crippen LogP contribution in [0.2, 0.25) is 0 Å². The van der Waals surface area contributed by atoms with Crippen molar-refractivity contribution in [3.8, 4) is 5.75 Å². The van der Waals surface area contributed by atoms with Crippen LogP contribution >= 0.6 is 28.3 Å². The normalized spacial score (nSPS) is 10.6. The second-order valence-corrected chi connectivity index (χ2v) is 3.09. The molecule has 0 unspecified atom stereocenters. The Morgan fingerprint density at radius 1 is 1.29 bits per heavy atom. The van der Waals surface area contributed by atoms with E-state index in [1.54, 1.807) is 0 Å². The summed E-state index contributed by atoms with van der Waals surface area (Å²) in [6.07, 6.45) is -4.67. The maximum atomic E-state index is 11.7. The maximum absolute atomic E-state index is 11.7. The van der Waals surface area contributed by atoms with E-state index in [2.05, 4.69) is 20.7 Å². The number of nitrogens with two attached hydrogens (primary N) is 1. The van der Waals surface area contributed by atoms with Crippen molar-refractivity contribution < 1.29 is 17.9 Å². The molecule has 0 fully saturated rings. The number of ether oxygens (including phenoxy) is 1. The first-order valence-electron chi connectivity index (χ1n) is 3.19. The van der Waals surface area contributed by atoms with Gasteiger partial charge in [-0.05, 0) is 34.1 Å². The van der Waals surface area contributed by atoms with Gasteiger partial charge in [0.1, 0.15) is 5.75 Å². The molecule has 0 aromatic heterocycles. The molecule has 0 aliphatic carbocycles. The van der Waals surface area contributed by atoms with Gasteiger partial charge in [-0.1, -0.05) is 0 Å². The lowest BCUT2D eigenvalue weighted by atomic mass is 10.3. The number of nitrogen functional groups attached to an aromatic ring is 1. The summed E-state index contributed by atoms with van der Waals surface area (Å²) >= 11 is 2.98. The number of rotatable bonds is 1. The van der Waals surface area contributed by atoms with E-state index in [9.17, 15) is 13.2 Å². The van der Waals surface area contributed by atoms with E-state index >= 15 is 0 Å². The Hall–Kier alpha value is -0.620. The Kier molecular flexibility index (Phi) is 4.54. The van der Waals surface area contributed by atoms with Crippen LogP contribution in [0.25, 0.3) is 0 Å². The number of alkyl halides is 3. The van der Waals surface area contributed by atoms with Crippen molar-refractivity contribution in [2.24, 2.45) is 0 Å². The topological polar surface area (TPSA) is 35.2 Å². The SMILES string of the molecule is Cl.Nc1ccc(OC(F)(F)F)cc1Br. The number of hydrogen-bond acceptors (Lipinski definition) is 2. The van der Waals surface area contributed by atoms with Crippen molar-refractivity contribution in [3.63, 3.8) is 0 Å². The molecule has 0 aliphatic heterocycles. The first kappa shape index (κ1) is 13.4. The average molecular weight is 292 g/mol. The highest BCUT2D eigenvalue weighted by Gasteiger charge is 2.31. The van der Waals surface area contributed by atoms with Gasteiger partial charge in [0, 0.05) is 10.2 Å². The standard InChI is InChI=1S/C7H5BrF3NO.ClH/c8-5-3-4(1-2-6(5)12)13-7(9,10)11;/h1-3H,12H2;1H. The van der Waals surface area contributed by atoms with Gasteiger partial charge in [0.05, 0.1) is 0 Å². The van der Waals surface area contributed by atoms with Crippen molar-refractivity contribution in [1.82, 2.24) is 0 Å². The highest BCUT2D eigenvalue weighted by molar-refractivity contribution is 9.10. The maximum Gasteiger partial charge on any atom is 0.573 e.